The van der Waals surface area contributed by atoms with Crippen molar-refractivity contribution in [3.63, 3.8) is 0 Å². The van der Waals surface area contributed by atoms with Gasteiger partial charge in [0.1, 0.15) is 18.5 Å². The molecule has 0 amide bonds. The smallest absolute Gasteiger partial charge is 0.177 e. The monoisotopic (exact) mass is 329 g/mol. The van der Waals surface area contributed by atoms with Gasteiger partial charge in [-0.1, -0.05) is 6.07 Å². The van der Waals surface area contributed by atoms with Gasteiger partial charge in [-0.3, -0.25) is 4.57 Å². The molecule has 0 saturated carbocycles. The lowest BCUT2D eigenvalue weighted by molar-refractivity contribution is 0.652. The van der Waals surface area contributed by atoms with Gasteiger partial charge in [0.05, 0.1) is 5.69 Å². The normalized spacial score (nSPS) is 11.7. The fourth-order valence-corrected chi connectivity index (χ4v) is 2.46. The molecule has 5 nitrogen and oxygen atoms in total. The summed E-state index contributed by atoms with van der Waals surface area (Å²) in [6.07, 6.45) is 1.48. The predicted molar refractivity (Wildman–Crippen MR) is 78.2 cm³/mol. The highest BCUT2D eigenvalue weighted by molar-refractivity contribution is 9.10. The lowest BCUT2D eigenvalue weighted by Crippen LogP contribution is -2.12. The van der Waals surface area contributed by atoms with E-state index in [2.05, 4.69) is 33.2 Å². The van der Waals surface area contributed by atoms with Gasteiger partial charge in [-0.2, -0.15) is 10.5 Å². The fraction of sp³-hybridized carbons (Fsp3) is 0.214. The summed E-state index contributed by atoms with van der Waals surface area (Å²) < 4.78 is 2.45. The first kappa shape index (κ1) is 14.3. The molecule has 0 aliphatic carbocycles. The summed E-state index contributed by atoms with van der Waals surface area (Å²) in [5, 5.41) is 21.3. The minimum Gasteiger partial charge on any atom is -0.313 e. The third-order valence-electron chi connectivity index (χ3n) is 3.14. The van der Waals surface area contributed by atoms with Crippen LogP contribution in [0.15, 0.2) is 29.0 Å². The summed E-state index contributed by atoms with van der Waals surface area (Å²) in [5.41, 5.74) is 2.28. The summed E-state index contributed by atoms with van der Waals surface area (Å²) in [6, 6.07) is 10.0. The second-order valence-electron chi connectivity index (χ2n) is 4.26. The van der Waals surface area contributed by atoms with Crippen molar-refractivity contribution in [2.75, 3.05) is 7.05 Å². The molecule has 0 saturated heterocycles. The van der Waals surface area contributed by atoms with Crippen LogP contribution in [0.3, 0.4) is 0 Å². The third-order valence-corrected chi connectivity index (χ3v) is 3.78. The molecule has 2 rings (SSSR count). The molecule has 0 bridgehead atoms. The molecule has 1 heterocycles. The first-order valence-corrected chi connectivity index (χ1v) is 6.76. The third kappa shape index (κ3) is 2.44. The van der Waals surface area contributed by atoms with Crippen molar-refractivity contribution in [2.45, 2.75) is 13.0 Å². The van der Waals surface area contributed by atoms with Gasteiger partial charge in [0, 0.05) is 10.5 Å². The van der Waals surface area contributed by atoms with E-state index in [0.29, 0.717) is 0 Å². The van der Waals surface area contributed by atoms with Crippen molar-refractivity contribution >= 4 is 15.9 Å². The van der Waals surface area contributed by atoms with Crippen molar-refractivity contribution in [1.82, 2.24) is 14.9 Å². The molecule has 20 heavy (non-hydrogen) atoms. The molecule has 1 atom stereocenters. The Kier molecular flexibility index (Phi) is 4.19. The number of halogens is 1. The van der Waals surface area contributed by atoms with Gasteiger partial charge < -0.3 is 5.32 Å². The standard InChI is InChI=1S/C14H12BrN5/c1-9(18-2)10-3-4-13(11(15)5-10)20-8-19-12(6-16)14(20)7-17/h3-5,8-9,18H,1-2H3. The Morgan fingerprint density at radius 3 is 2.65 bits per heavy atom. The molecule has 0 aliphatic rings. The fourth-order valence-electron chi connectivity index (χ4n) is 1.87. The van der Waals surface area contributed by atoms with E-state index in [1.54, 1.807) is 4.57 Å². The molecule has 1 N–H and O–H groups in total. The van der Waals surface area contributed by atoms with E-state index in [0.717, 1.165) is 15.7 Å². The molecule has 0 fully saturated rings. The number of rotatable bonds is 3. The summed E-state index contributed by atoms with van der Waals surface area (Å²) in [6.45, 7) is 2.06. The molecule has 100 valence electrons. The van der Waals surface area contributed by atoms with Crippen LogP contribution in [0.5, 0.6) is 0 Å². The Morgan fingerprint density at radius 2 is 2.10 bits per heavy atom. The van der Waals surface area contributed by atoms with Crippen LogP contribution in [0.25, 0.3) is 5.69 Å². The van der Waals surface area contributed by atoms with Crippen molar-refractivity contribution in [3.8, 4) is 17.8 Å². The van der Waals surface area contributed by atoms with E-state index in [4.69, 9.17) is 10.5 Å². The summed E-state index contributed by atoms with van der Waals surface area (Å²) in [5.74, 6) is 0. The second-order valence-corrected chi connectivity index (χ2v) is 5.11. The highest BCUT2D eigenvalue weighted by Crippen LogP contribution is 2.26. The van der Waals surface area contributed by atoms with Crippen LogP contribution in [-0.2, 0) is 0 Å². The quantitative estimate of drug-likeness (QED) is 0.938. The van der Waals surface area contributed by atoms with Gasteiger partial charge in [-0.15, -0.1) is 0 Å². The maximum absolute atomic E-state index is 9.17. The van der Waals surface area contributed by atoms with Gasteiger partial charge in [0.25, 0.3) is 0 Å². The molecule has 0 aliphatic heterocycles. The topological polar surface area (TPSA) is 77.4 Å². The maximum Gasteiger partial charge on any atom is 0.177 e. The lowest BCUT2D eigenvalue weighted by Gasteiger charge is -2.13. The molecule has 1 aromatic heterocycles. The van der Waals surface area contributed by atoms with Gasteiger partial charge in [0.2, 0.25) is 0 Å². The van der Waals surface area contributed by atoms with Gasteiger partial charge >= 0.3 is 0 Å². The number of aromatic nitrogens is 2. The SMILES string of the molecule is CNC(C)c1ccc(-n2cnc(C#N)c2C#N)c(Br)c1. The Morgan fingerprint density at radius 1 is 1.35 bits per heavy atom. The van der Waals surface area contributed by atoms with Crippen LogP contribution in [0.4, 0.5) is 0 Å². The minimum absolute atomic E-state index is 0.132. The van der Waals surface area contributed by atoms with E-state index < -0.39 is 0 Å². The highest BCUT2D eigenvalue weighted by Gasteiger charge is 2.14. The number of nitrogens with one attached hydrogen (secondary N) is 1. The molecule has 1 unspecified atom stereocenters. The van der Waals surface area contributed by atoms with Crippen LogP contribution < -0.4 is 5.32 Å². The molecule has 2 aromatic rings. The van der Waals surface area contributed by atoms with Crippen LogP contribution in [0, 0.1) is 22.7 Å². The van der Waals surface area contributed by atoms with Crippen LogP contribution in [-0.4, -0.2) is 16.6 Å². The van der Waals surface area contributed by atoms with Crippen LogP contribution >= 0.6 is 15.9 Å². The number of nitriles is 2. The van der Waals surface area contributed by atoms with E-state index in [1.165, 1.54) is 6.33 Å². The molecule has 6 heteroatoms. The number of nitrogens with zero attached hydrogens (tertiary/aromatic N) is 4. The minimum atomic E-state index is 0.132. The Labute approximate surface area is 125 Å². The summed E-state index contributed by atoms with van der Waals surface area (Å²) >= 11 is 3.51. The van der Waals surface area contributed by atoms with Crippen LogP contribution in [0.1, 0.15) is 29.9 Å². The van der Waals surface area contributed by atoms with Crippen molar-refractivity contribution in [2.24, 2.45) is 0 Å². The van der Waals surface area contributed by atoms with Crippen LogP contribution in [0.2, 0.25) is 0 Å². The van der Waals surface area contributed by atoms with Gasteiger partial charge in [-0.05, 0) is 47.6 Å². The zero-order valence-electron chi connectivity index (χ0n) is 11.1. The molecular weight excluding hydrogens is 318 g/mol. The van der Waals surface area contributed by atoms with Gasteiger partial charge in [-0.25, -0.2) is 4.98 Å². The summed E-state index contributed by atoms with van der Waals surface area (Å²) in [7, 11) is 1.90. The summed E-state index contributed by atoms with van der Waals surface area (Å²) in [4.78, 5) is 3.94. The van der Waals surface area contributed by atoms with Crippen molar-refractivity contribution < 1.29 is 0 Å². The van der Waals surface area contributed by atoms with E-state index >= 15 is 0 Å². The van der Waals surface area contributed by atoms with Gasteiger partial charge in [0.15, 0.2) is 11.4 Å². The highest BCUT2D eigenvalue weighted by atomic mass is 79.9. The van der Waals surface area contributed by atoms with Crippen molar-refractivity contribution in [3.05, 3.63) is 46.0 Å². The molecule has 0 spiro atoms. The average Bonchev–Trinajstić information content (AvgIpc) is 2.88. The van der Waals surface area contributed by atoms with Crippen molar-refractivity contribution in [1.29, 1.82) is 10.5 Å². The molecule has 1 aromatic carbocycles. The number of hydrogen-bond acceptors (Lipinski definition) is 4. The predicted octanol–water partition coefficient (Wildman–Crippen LogP) is 2.66. The molecular formula is C14H12BrN5. The maximum atomic E-state index is 9.17. The Bertz CT molecular complexity index is 720. The first-order chi connectivity index (χ1) is 9.62. The average molecular weight is 330 g/mol. The van der Waals surface area contributed by atoms with E-state index in [9.17, 15) is 0 Å². The number of benzene rings is 1. The first-order valence-electron chi connectivity index (χ1n) is 5.97. The van der Waals surface area contributed by atoms with E-state index in [1.807, 2.05) is 37.4 Å². The molecule has 0 radical (unpaired) electrons. The zero-order valence-corrected chi connectivity index (χ0v) is 12.6. The Balaban J connectivity index is 2.53. The second kappa shape index (κ2) is 5.87. The van der Waals surface area contributed by atoms with E-state index in [-0.39, 0.29) is 17.4 Å². The number of hydrogen-bond donors (Lipinski definition) is 1. The zero-order chi connectivity index (χ0) is 14.7. The Hall–Kier alpha value is -2.15. The number of imidazole rings is 1. The lowest BCUT2D eigenvalue weighted by atomic mass is 10.1. The largest absolute Gasteiger partial charge is 0.313 e.